The van der Waals surface area contributed by atoms with Crippen molar-refractivity contribution in [2.24, 2.45) is 0 Å². The van der Waals surface area contributed by atoms with Crippen molar-refractivity contribution in [3.05, 3.63) is 40.7 Å². The van der Waals surface area contributed by atoms with Gasteiger partial charge in [-0.1, -0.05) is 0 Å². The van der Waals surface area contributed by atoms with Crippen molar-refractivity contribution in [3.8, 4) is 0 Å². The van der Waals surface area contributed by atoms with Gasteiger partial charge < -0.3 is 10.1 Å². The van der Waals surface area contributed by atoms with E-state index in [1.54, 1.807) is 24.5 Å². The van der Waals surface area contributed by atoms with Crippen LogP contribution in [0.1, 0.15) is 6.92 Å². The molecule has 0 aliphatic heterocycles. The first-order chi connectivity index (χ1) is 9.24. The first-order valence-electron chi connectivity index (χ1n) is 6.06. The highest BCUT2D eigenvalue weighted by atomic mass is 16.6. The molecule has 2 aromatic rings. The maximum atomic E-state index is 11.0. The summed E-state index contributed by atoms with van der Waals surface area (Å²) in [7, 11) is 0. The van der Waals surface area contributed by atoms with E-state index in [4.69, 9.17) is 4.74 Å². The maximum absolute atomic E-state index is 11.0. The van der Waals surface area contributed by atoms with Crippen LogP contribution in [0, 0.1) is 10.1 Å². The van der Waals surface area contributed by atoms with Crippen LogP contribution >= 0.6 is 0 Å². The summed E-state index contributed by atoms with van der Waals surface area (Å²) < 4.78 is 5.24. The molecule has 0 unspecified atom stereocenters. The van der Waals surface area contributed by atoms with Crippen LogP contribution in [0.5, 0.6) is 0 Å². The van der Waals surface area contributed by atoms with Crippen LogP contribution in [-0.4, -0.2) is 29.7 Å². The largest absolute Gasteiger partial charge is 0.382 e. The molecule has 0 saturated heterocycles. The van der Waals surface area contributed by atoms with E-state index in [0.29, 0.717) is 25.1 Å². The molecule has 0 aliphatic rings. The Morgan fingerprint density at radius 1 is 1.37 bits per heavy atom. The zero-order valence-corrected chi connectivity index (χ0v) is 10.6. The summed E-state index contributed by atoms with van der Waals surface area (Å²) in [5, 5.41) is 15.5. The SMILES string of the molecule is CCOCCNc1ccc([N+](=O)[O-])c2ccncc12. The second kappa shape index (κ2) is 6.10. The van der Waals surface area contributed by atoms with Crippen LogP contribution in [0.15, 0.2) is 30.6 Å². The number of non-ortho nitro benzene ring substituents is 1. The van der Waals surface area contributed by atoms with Gasteiger partial charge >= 0.3 is 0 Å². The van der Waals surface area contributed by atoms with Crippen LogP contribution in [0.2, 0.25) is 0 Å². The van der Waals surface area contributed by atoms with Gasteiger partial charge in [0.1, 0.15) is 0 Å². The molecule has 0 atom stereocenters. The number of anilines is 1. The van der Waals surface area contributed by atoms with Gasteiger partial charge in [-0.25, -0.2) is 0 Å². The third-order valence-corrected chi connectivity index (χ3v) is 2.76. The number of rotatable bonds is 6. The molecule has 0 amide bonds. The number of aromatic nitrogens is 1. The number of pyridine rings is 1. The zero-order chi connectivity index (χ0) is 13.7. The topological polar surface area (TPSA) is 77.3 Å². The second-order valence-corrected chi connectivity index (χ2v) is 3.93. The summed E-state index contributed by atoms with van der Waals surface area (Å²) >= 11 is 0. The third kappa shape index (κ3) is 2.97. The number of benzene rings is 1. The Hall–Kier alpha value is -2.21. The minimum atomic E-state index is -0.383. The number of nitro benzene ring substituents is 1. The van der Waals surface area contributed by atoms with Crippen molar-refractivity contribution < 1.29 is 9.66 Å². The number of hydrogen-bond acceptors (Lipinski definition) is 5. The van der Waals surface area contributed by atoms with Crippen molar-refractivity contribution in [2.45, 2.75) is 6.92 Å². The molecule has 19 heavy (non-hydrogen) atoms. The minimum absolute atomic E-state index is 0.0905. The minimum Gasteiger partial charge on any atom is -0.382 e. The zero-order valence-electron chi connectivity index (χ0n) is 10.6. The number of hydrogen-bond donors (Lipinski definition) is 1. The summed E-state index contributed by atoms with van der Waals surface area (Å²) in [5.74, 6) is 0. The van der Waals surface area contributed by atoms with Gasteiger partial charge in [0.05, 0.1) is 16.9 Å². The lowest BCUT2D eigenvalue weighted by molar-refractivity contribution is -0.383. The van der Waals surface area contributed by atoms with Gasteiger partial charge in [0.15, 0.2) is 0 Å². The molecule has 0 aliphatic carbocycles. The van der Waals surface area contributed by atoms with E-state index in [2.05, 4.69) is 10.3 Å². The van der Waals surface area contributed by atoms with Gasteiger partial charge in [-0.05, 0) is 19.1 Å². The highest BCUT2D eigenvalue weighted by molar-refractivity contribution is 5.99. The molecule has 0 fully saturated rings. The van der Waals surface area contributed by atoms with Crippen LogP contribution in [0.4, 0.5) is 11.4 Å². The predicted molar refractivity (Wildman–Crippen MR) is 73.4 cm³/mol. The number of nitrogens with zero attached hydrogens (tertiary/aromatic N) is 2. The van der Waals surface area contributed by atoms with Crippen molar-refractivity contribution in [3.63, 3.8) is 0 Å². The van der Waals surface area contributed by atoms with Crippen molar-refractivity contribution in [1.29, 1.82) is 0 Å². The van der Waals surface area contributed by atoms with Crippen molar-refractivity contribution in [2.75, 3.05) is 25.1 Å². The lowest BCUT2D eigenvalue weighted by Gasteiger charge is -2.09. The fraction of sp³-hybridized carbons (Fsp3) is 0.308. The fourth-order valence-electron chi connectivity index (χ4n) is 1.89. The summed E-state index contributed by atoms with van der Waals surface area (Å²) in [6.45, 7) is 3.85. The molecule has 6 nitrogen and oxygen atoms in total. The average Bonchev–Trinajstić information content (AvgIpc) is 2.43. The van der Waals surface area contributed by atoms with Crippen molar-refractivity contribution in [1.82, 2.24) is 4.98 Å². The maximum Gasteiger partial charge on any atom is 0.277 e. The summed E-state index contributed by atoms with van der Waals surface area (Å²) in [5.41, 5.74) is 0.918. The molecular weight excluding hydrogens is 246 g/mol. The Morgan fingerprint density at radius 2 is 2.21 bits per heavy atom. The van der Waals surface area contributed by atoms with Gasteiger partial charge in [-0.2, -0.15) is 0 Å². The van der Waals surface area contributed by atoms with Crippen LogP contribution in [0.25, 0.3) is 10.8 Å². The summed E-state index contributed by atoms with van der Waals surface area (Å²) in [4.78, 5) is 14.6. The van der Waals surface area contributed by atoms with Crippen LogP contribution in [0.3, 0.4) is 0 Å². The van der Waals surface area contributed by atoms with Gasteiger partial charge in [0, 0.05) is 42.7 Å². The lowest BCUT2D eigenvalue weighted by atomic mass is 10.1. The Morgan fingerprint density at radius 3 is 2.95 bits per heavy atom. The van der Waals surface area contributed by atoms with E-state index in [1.165, 1.54) is 6.07 Å². The number of ether oxygens (including phenoxy) is 1. The van der Waals surface area contributed by atoms with E-state index >= 15 is 0 Å². The Kier molecular flexibility index (Phi) is 4.25. The molecule has 0 radical (unpaired) electrons. The molecular formula is C13H15N3O3. The Balaban J connectivity index is 2.30. The summed E-state index contributed by atoms with van der Waals surface area (Å²) in [6, 6.07) is 4.86. The third-order valence-electron chi connectivity index (χ3n) is 2.76. The van der Waals surface area contributed by atoms with E-state index < -0.39 is 0 Å². The molecule has 0 saturated carbocycles. The van der Waals surface area contributed by atoms with E-state index in [0.717, 1.165) is 11.1 Å². The fourth-order valence-corrected chi connectivity index (χ4v) is 1.89. The molecule has 6 heteroatoms. The first kappa shape index (κ1) is 13.2. The van der Waals surface area contributed by atoms with E-state index in [9.17, 15) is 10.1 Å². The van der Waals surface area contributed by atoms with Gasteiger partial charge in [0.25, 0.3) is 5.69 Å². The second-order valence-electron chi connectivity index (χ2n) is 3.93. The standard InChI is InChI=1S/C13H15N3O3/c1-2-19-8-7-15-12-3-4-13(16(17)18)10-5-6-14-9-11(10)12/h3-6,9,15H,2,7-8H2,1H3. The Labute approximate surface area is 110 Å². The number of fused-ring (bicyclic) bond motifs is 1. The quantitative estimate of drug-likeness (QED) is 0.491. The molecule has 1 N–H and O–H groups in total. The number of nitrogens with one attached hydrogen (secondary N) is 1. The highest BCUT2D eigenvalue weighted by Crippen LogP contribution is 2.30. The van der Waals surface area contributed by atoms with Crippen molar-refractivity contribution >= 4 is 22.1 Å². The Bertz CT molecular complexity index is 586. The average molecular weight is 261 g/mol. The summed E-state index contributed by atoms with van der Waals surface area (Å²) in [6.07, 6.45) is 3.19. The molecule has 1 aromatic carbocycles. The van der Waals surface area contributed by atoms with Gasteiger partial charge in [-0.3, -0.25) is 15.1 Å². The monoisotopic (exact) mass is 261 g/mol. The van der Waals surface area contributed by atoms with Gasteiger partial charge in [0.2, 0.25) is 0 Å². The highest BCUT2D eigenvalue weighted by Gasteiger charge is 2.13. The molecule has 100 valence electrons. The first-order valence-corrected chi connectivity index (χ1v) is 6.06. The van der Waals surface area contributed by atoms with Gasteiger partial charge in [-0.15, -0.1) is 0 Å². The molecule has 1 aromatic heterocycles. The van der Waals surface area contributed by atoms with Crippen LogP contribution in [-0.2, 0) is 4.74 Å². The lowest BCUT2D eigenvalue weighted by Crippen LogP contribution is -2.09. The van der Waals surface area contributed by atoms with E-state index in [1.807, 2.05) is 6.92 Å². The number of nitro groups is 1. The normalized spacial score (nSPS) is 10.6. The smallest absolute Gasteiger partial charge is 0.277 e. The molecule has 2 rings (SSSR count). The predicted octanol–water partition coefficient (Wildman–Crippen LogP) is 2.59. The van der Waals surface area contributed by atoms with E-state index in [-0.39, 0.29) is 10.6 Å². The van der Waals surface area contributed by atoms with Crippen LogP contribution < -0.4 is 5.32 Å². The molecule has 0 bridgehead atoms. The molecule has 0 spiro atoms. The molecule has 1 heterocycles.